The normalized spacial score (nSPS) is 23.9. The molecule has 172 valence electrons. The molecule has 2 amide bonds. The van der Waals surface area contributed by atoms with Crippen molar-refractivity contribution >= 4 is 40.7 Å². The number of pyridine rings is 1. The van der Waals surface area contributed by atoms with Gasteiger partial charge in [0.15, 0.2) is 11.5 Å². The molecule has 2 unspecified atom stereocenters. The molecular weight excluding hydrogens is 452 g/mol. The van der Waals surface area contributed by atoms with Crippen LogP contribution in [0.15, 0.2) is 60.7 Å². The number of amides is 2. The lowest BCUT2D eigenvalue weighted by atomic mass is 9.94. The number of fused-ring (bicyclic) bond motifs is 2. The lowest BCUT2D eigenvalue weighted by Gasteiger charge is -2.40. The summed E-state index contributed by atoms with van der Waals surface area (Å²) < 4.78 is 0. The summed E-state index contributed by atoms with van der Waals surface area (Å²) >= 11 is 6.10. The second-order valence-corrected chi connectivity index (χ2v) is 9.53. The van der Waals surface area contributed by atoms with Crippen molar-refractivity contribution in [1.29, 1.82) is 0 Å². The molecule has 0 radical (unpaired) electrons. The van der Waals surface area contributed by atoms with Gasteiger partial charge in [0.1, 0.15) is 11.9 Å². The maximum Gasteiger partial charge on any atom is 0.262 e. The fourth-order valence-electron chi connectivity index (χ4n) is 5.15. The molecule has 3 heterocycles. The molecule has 7 nitrogen and oxygen atoms in total. The maximum atomic E-state index is 13.7. The van der Waals surface area contributed by atoms with E-state index in [0.29, 0.717) is 39.0 Å². The van der Waals surface area contributed by atoms with Crippen LogP contribution in [-0.2, 0) is 10.5 Å². The van der Waals surface area contributed by atoms with Crippen LogP contribution in [-0.4, -0.2) is 41.0 Å². The number of aromatic nitrogens is 1. The van der Waals surface area contributed by atoms with Crippen molar-refractivity contribution in [2.24, 2.45) is 0 Å². The van der Waals surface area contributed by atoms with Crippen molar-refractivity contribution in [3.63, 3.8) is 0 Å². The molecule has 6 rings (SSSR count). The summed E-state index contributed by atoms with van der Waals surface area (Å²) in [6.45, 7) is 1.88. The second kappa shape index (κ2) is 7.29. The number of hydrogen-bond donors (Lipinski definition) is 1. The predicted molar refractivity (Wildman–Crippen MR) is 130 cm³/mol. The number of hydrogen-bond acceptors (Lipinski definition) is 5. The Bertz CT molecular complexity index is 1340. The Morgan fingerprint density at radius 2 is 1.74 bits per heavy atom. The average molecular weight is 475 g/mol. The van der Waals surface area contributed by atoms with Gasteiger partial charge in [0.25, 0.3) is 5.91 Å². The third-order valence-electron chi connectivity index (χ3n) is 7.03. The molecule has 0 spiro atoms. The molecule has 8 heteroatoms. The van der Waals surface area contributed by atoms with Crippen LogP contribution in [0.1, 0.15) is 41.3 Å². The van der Waals surface area contributed by atoms with Crippen LogP contribution in [0.2, 0.25) is 5.02 Å². The highest BCUT2D eigenvalue weighted by atomic mass is 35.5. The van der Waals surface area contributed by atoms with Crippen LogP contribution < -0.4 is 14.7 Å². The van der Waals surface area contributed by atoms with Gasteiger partial charge in [-0.1, -0.05) is 41.9 Å². The molecule has 2 aliphatic heterocycles. The molecule has 1 aromatic heterocycles. The van der Waals surface area contributed by atoms with E-state index in [-0.39, 0.29) is 23.9 Å². The van der Waals surface area contributed by atoms with Gasteiger partial charge in [-0.25, -0.2) is 4.98 Å². The van der Waals surface area contributed by atoms with Crippen LogP contribution in [0.3, 0.4) is 0 Å². The Hall–Kier alpha value is -3.42. The van der Waals surface area contributed by atoms with E-state index in [2.05, 4.69) is 4.90 Å². The molecule has 1 fully saturated rings. The van der Waals surface area contributed by atoms with Gasteiger partial charge >= 0.3 is 0 Å². The van der Waals surface area contributed by atoms with Crippen LogP contribution in [0.4, 0.5) is 17.3 Å². The van der Waals surface area contributed by atoms with E-state index in [4.69, 9.17) is 16.6 Å². The quantitative estimate of drug-likeness (QED) is 0.622. The van der Waals surface area contributed by atoms with Gasteiger partial charge in [-0.05, 0) is 50.1 Å². The predicted octanol–water partition coefficient (Wildman–Crippen LogP) is 3.92. The van der Waals surface area contributed by atoms with Gasteiger partial charge in [-0.15, -0.1) is 0 Å². The van der Waals surface area contributed by atoms with Crippen molar-refractivity contribution in [3.05, 3.63) is 82.4 Å². The van der Waals surface area contributed by atoms with E-state index in [1.807, 2.05) is 6.92 Å². The molecule has 34 heavy (non-hydrogen) atoms. The summed E-state index contributed by atoms with van der Waals surface area (Å²) in [6, 6.07) is 17.2. The number of rotatable bonds is 3. The zero-order chi connectivity index (χ0) is 23.8. The second-order valence-electron chi connectivity index (χ2n) is 9.09. The molecule has 2 aromatic carbocycles. The first kappa shape index (κ1) is 21.1. The fraction of sp³-hybridized carbons (Fsp3) is 0.269. The number of halogens is 1. The maximum absolute atomic E-state index is 13.7. The standard InChI is InChI=1S/C26H23ClN4O3/c1-15-24(32)29(2)21-13-14-22(28-23(21)30(15)18-11-12-18)31-25(33)19-5-3-4-6-20(19)26(31,34)16-7-9-17(27)10-8-16/h3-10,13-15,18,34H,11-12H2,1-2H3. The number of aliphatic hydroxyl groups is 1. The third kappa shape index (κ3) is 2.83. The Morgan fingerprint density at radius 1 is 1.03 bits per heavy atom. The van der Waals surface area contributed by atoms with Gasteiger partial charge in [0.05, 0.1) is 5.69 Å². The zero-order valence-electron chi connectivity index (χ0n) is 18.8. The molecule has 0 bridgehead atoms. The minimum Gasteiger partial charge on any atom is -0.363 e. The number of carbonyl (C=O) groups is 2. The highest BCUT2D eigenvalue weighted by Crippen LogP contribution is 2.47. The lowest BCUT2D eigenvalue weighted by molar-refractivity contribution is -0.119. The molecule has 1 N–H and O–H groups in total. The van der Waals surface area contributed by atoms with Crippen LogP contribution in [0.25, 0.3) is 0 Å². The van der Waals surface area contributed by atoms with Gasteiger partial charge in [0.2, 0.25) is 5.91 Å². The minimum atomic E-state index is -1.76. The SMILES string of the molecule is CC1C(=O)N(C)c2ccc(N3C(=O)c4ccccc4C3(O)c3ccc(Cl)cc3)nc2N1C1CC1. The smallest absolute Gasteiger partial charge is 0.262 e. The highest BCUT2D eigenvalue weighted by molar-refractivity contribution is 6.30. The molecule has 1 aliphatic carbocycles. The van der Waals surface area contributed by atoms with Crippen molar-refractivity contribution in [2.45, 2.75) is 37.6 Å². The van der Waals surface area contributed by atoms with Crippen molar-refractivity contribution in [3.8, 4) is 0 Å². The Kier molecular flexibility index (Phi) is 4.53. The summed E-state index contributed by atoms with van der Waals surface area (Å²) in [4.78, 5) is 36.4. The Balaban J connectivity index is 1.55. The number of carbonyl (C=O) groups excluding carboxylic acids is 2. The number of likely N-dealkylation sites (N-methyl/N-ethyl adjacent to an activating group) is 1. The van der Waals surface area contributed by atoms with E-state index in [9.17, 15) is 14.7 Å². The summed E-state index contributed by atoms with van der Waals surface area (Å²) in [5, 5.41) is 12.7. The third-order valence-corrected chi connectivity index (χ3v) is 7.28. The first-order valence-electron chi connectivity index (χ1n) is 11.3. The van der Waals surface area contributed by atoms with Gasteiger partial charge in [-0.3, -0.25) is 14.5 Å². The summed E-state index contributed by atoms with van der Waals surface area (Å²) in [5.74, 6) is 0.637. The average Bonchev–Trinajstić information content (AvgIpc) is 3.65. The molecule has 3 aliphatic rings. The molecular formula is C26H23ClN4O3. The first-order chi connectivity index (χ1) is 16.3. The monoisotopic (exact) mass is 474 g/mol. The summed E-state index contributed by atoms with van der Waals surface area (Å²) in [5.41, 5.74) is 0.347. The molecule has 3 aromatic rings. The van der Waals surface area contributed by atoms with Crippen LogP contribution in [0, 0.1) is 0 Å². The van der Waals surface area contributed by atoms with E-state index in [1.165, 1.54) is 4.90 Å². The summed E-state index contributed by atoms with van der Waals surface area (Å²) in [7, 11) is 1.74. The van der Waals surface area contributed by atoms with Gasteiger partial charge in [0, 0.05) is 34.8 Å². The van der Waals surface area contributed by atoms with Gasteiger partial charge in [-0.2, -0.15) is 0 Å². The van der Waals surface area contributed by atoms with Crippen molar-refractivity contribution in [2.75, 3.05) is 21.7 Å². The van der Waals surface area contributed by atoms with Gasteiger partial charge < -0.3 is 14.9 Å². The number of benzene rings is 2. The number of anilines is 3. The minimum absolute atomic E-state index is 0.0104. The molecule has 0 saturated heterocycles. The zero-order valence-corrected chi connectivity index (χ0v) is 19.5. The molecule has 2 atom stereocenters. The highest BCUT2D eigenvalue weighted by Gasteiger charge is 2.52. The lowest BCUT2D eigenvalue weighted by Crippen LogP contribution is -2.52. The first-order valence-corrected chi connectivity index (χ1v) is 11.7. The largest absolute Gasteiger partial charge is 0.363 e. The Morgan fingerprint density at radius 3 is 2.44 bits per heavy atom. The van der Waals surface area contributed by atoms with Crippen molar-refractivity contribution < 1.29 is 14.7 Å². The van der Waals surface area contributed by atoms with E-state index >= 15 is 0 Å². The number of nitrogens with zero attached hydrogens (tertiary/aromatic N) is 4. The Labute approximate surface area is 202 Å². The van der Waals surface area contributed by atoms with Crippen LogP contribution in [0.5, 0.6) is 0 Å². The van der Waals surface area contributed by atoms with E-state index in [0.717, 1.165) is 12.8 Å². The van der Waals surface area contributed by atoms with E-state index < -0.39 is 5.72 Å². The van der Waals surface area contributed by atoms with Crippen LogP contribution >= 0.6 is 11.6 Å². The summed E-state index contributed by atoms with van der Waals surface area (Å²) in [6.07, 6.45) is 1.99. The molecule has 1 saturated carbocycles. The fourth-order valence-corrected chi connectivity index (χ4v) is 5.27. The van der Waals surface area contributed by atoms with Crippen molar-refractivity contribution in [1.82, 2.24) is 4.98 Å². The topological polar surface area (TPSA) is 77.0 Å². The van der Waals surface area contributed by atoms with E-state index in [1.54, 1.807) is 72.6 Å².